The molecule has 92 valence electrons. The summed E-state index contributed by atoms with van der Waals surface area (Å²) in [5, 5.41) is 23.1. The van der Waals surface area contributed by atoms with Crippen molar-refractivity contribution in [3.05, 3.63) is 47.3 Å². The number of hydrogen-bond donors (Lipinski definition) is 1. The minimum absolute atomic E-state index is 0.536. The van der Waals surface area contributed by atoms with Gasteiger partial charge in [-0.2, -0.15) is 10.4 Å². The molecule has 0 spiro atoms. The fraction of sp³-hybridized carbons (Fsp3) is 0.231. The van der Waals surface area contributed by atoms with Crippen LogP contribution in [-0.4, -0.2) is 22.0 Å². The predicted octanol–water partition coefficient (Wildman–Crippen LogP) is 1.38. The highest BCUT2D eigenvalue weighted by Crippen LogP contribution is 2.29. The second-order valence-electron chi connectivity index (χ2n) is 3.86. The first kappa shape index (κ1) is 12.1. The molecule has 5 nitrogen and oxygen atoms in total. The molecule has 1 aromatic carbocycles. The van der Waals surface area contributed by atoms with Crippen LogP contribution in [0.1, 0.15) is 22.9 Å². The number of nitrogens with zero attached hydrogens (tertiary/aromatic N) is 3. The Morgan fingerprint density at radius 2 is 2.06 bits per heavy atom. The standard InChI is InChI=1S/C13H13N3O2/c1-16-12(11(18-2)8-15-16)13(17)10-5-3-9(7-14)4-6-10/h3-6,8,13,17H,1-2H3. The van der Waals surface area contributed by atoms with Gasteiger partial charge < -0.3 is 9.84 Å². The van der Waals surface area contributed by atoms with Crippen molar-refractivity contribution in [2.24, 2.45) is 7.05 Å². The zero-order valence-corrected chi connectivity index (χ0v) is 10.2. The molecule has 18 heavy (non-hydrogen) atoms. The van der Waals surface area contributed by atoms with E-state index in [1.54, 1.807) is 42.2 Å². The normalized spacial score (nSPS) is 11.9. The smallest absolute Gasteiger partial charge is 0.162 e. The van der Waals surface area contributed by atoms with Gasteiger partial charge in [0.1, 0.15) is 11.8 Å². The predicted molar refractivity (Wildman–Crippen MR) is 65.0 cm³/mol. The number of aliphatic hydroxyl groups is 1. The molecule has 0 fully saturated rings. The summed E-state index contributed by atoms with van der Waals surface area (Å²) in [6.07, 6.45) is 0.725. The first-order valence-corrected chi connectivity index (χ1v) is 5.41. The van der Waals surface area contributed by atoms with E-state index in [1.165, 1.54) is 7.11 Å². The summed E-state index contributed by atoms with van der Waals surface area (Å²) in [4.78, 5) is 0. The largest absolute Gasteiger partial charge is 0.493 e. The SMILES string of the molecule is COc1cnn(C)c1C(O)c1ccc(C#N)cc1. The Kier molecular flexibility index (Phi) is 3.31. The van der Waals surface area contributed by atoms with Gasteiger partial charge in [0.25, 0.3) is 0 Å². The maximum atomic E-state index is 10.3. The Bertz CT molecular complexity index is 581. The Morgan fingerprint density at radius 3 is 2.61 bits per heavy atom. The number of benzene rings is 1. The van der Waals surface area contributed by atoms with Crippen molar-refractivity contribution in [3.63, 3.8) is 0 Å². The Labute approximate surface area is 105 Å². The summed E-state index contributed by atoms with van der Waals surface area (Å²) in [7, 11) is 3.27. The lowest BCUT2D eigenvalue weighted by Gasteiger charge is -2.13. The number of methoxy groups -OCH3 is 1. The molecule has 0 radical (unpaired) electrons. The molecule has 1 heterocycles. The second kappa shape index (κ2) is 4.90. The summed E-state index contributed by atoms with van der Waals surface area (Å²) >= 11 is 0. The zero-order chi connectivity index (χ0) is 13.1. The van der Waals surface area contributed by atoms with E-state index in [-0.39, 0.29) is 0 Å². The van der Waals surface area contributed by atoms with Gasteiger partial charge in [0.05, 0.1) is 24.9 Å². The molecule has 1 aromatic heterocycles. The van der Waals surface area contributed by atoms with Gasteiger partial charge in [-0.25, -0.2) is 0 Å². The van der Waals surface area contributed by atoms with Gasteiger partial charge in [-0.05, 0) is 17.7 Å². The van der Waals surface area contributed by atoms with Crippen LogP contribution in [0.25, 0.3) is 0 Å². The maximum Gasteiger partial charge on any atom is 0.162 e. The lowest BCUT2D eigenvalue weighted by molar-refractivity contribution is 0.204. The molecule has 0 aliphatic carbocycles. The summed E-state index contributed by atoms with van der Waals surface area (Å²) in [5.74, 6) is 0.536. The molecule has 2 rings (SSSR count). The summed E-state index contributed by atoms with van der Waals surface area (Å²) in [5.41, 5.74) is 1.83. The summed E-state index contributed by atoms with van der Waals surface area (Å²) in [6.45, 7) is 0. The fourth-order valence-electron chi connectivity index (χ4n) is 1.79. The van der Waals surface area contributed by atoms with Gasteiger partial charge in [-0.3, -0.25) is 4.68 Å². The monoisotopic (exact) mass is 243 g/mol. The van der Waals surface area contributed by atoms with E-state index < -0.39 is 6.10 Å². The average molecular weight is 243 g/mol. The van der Waals surface area contributed by atoms with Crippen molar-refractivity contribution in [1.29, 1.82) is 5.26 Å². The third kappa shape index (κ3) is 2.06. The molecule has 5 heteroatoms. The van der Waals surface area contributed by atoms with Gasteiger partial charge >= 0.3 is 0 Å². The van der Waals surface area contributed by atoms with Gasteiger partial charge in [-0.15, -0.1) is 0 Å². The molecule has 1 N–H and O–H groups in total. The molecular weight excluding hydrogens is 230 g/mol. The summed E-state index contributed by atoms with van der Waals surface area (Å²) < 4.78 is 6.73. The number of aromatic nitrogens is 2. The highest BCUT2D eigenvalue weighted by atomic mass is 16.5. The fourth-order valence-corrected chi connectivity index (χ4v) is 1.79. The average Bonchev–Trinajstić information content (AvgIpc) is 2.79. The minimum atomic E-state index is -0.833. The van der Waals surface area contributed by atoms with E-state index in [0.29, 0.717) is 22.6 Å². The Hall–Kier alpha value is -2.32. The first-order chi connectivity index (χ1) is 8.67. The number of ether oxygens (including phenoxy) is 1. The molecule has 1 unspecified atom stereocenters. The second-order valence-corrected chi connectivity index (χ2v) is 3.86. The van der Waals surface area contributed by atoms with Crippen molar-refractivity contribution in [3.8, 4) is 11.8 Å². The molecule has 0 saturated heterocycles. The van der Waals surface area contributed by atoms with Crippen LogP contribution >= 0.6 is 0 Å². The lowest BCUT2D eigenvalue weighted by Crippen LogP contribution is -2.08. The van der Waals surface area contributed by atoms with E-state index in [9.17, 15) is 5.11 Å². The maximum absolute atomic E-state index is 10.3. The van der Waals surface area contributed by atoms with Crippen LogP contribution in [0.3, 0.4) is 0 Å². The topological polar surface area (TPSA) is 71.1 Å². The van der Waals surface area contributed by atoms with Crippen molar-refractivity contribution >= 4 is 0 Å². The Morgan fingerprint density at radius 1 is 1.39 bits per heavy atom. The molecule has 2 aromatic rings. The van der Waals surface area contributed by atoms with Gasteiger partial charge in [0, 0.05) is 7.05 Å². The third-order valence-electron chi connectivity index (χ3n) is 2.78. The minimum Gasteiger partial charge on any atom is -0.493 e. The lowest BCUT2D eigenvalue weighted by atomic mass is 10.0. The van der Waals surface area contributed by atoms with Crippen LogP contribution in [-0.2, 0) is 7.05 Å². The molecule has 0 aliphatic heterocycles. The molecule has 0 saturated carbocycles. The third-order valence-corrected chi connectivity index (χ3v) is 2.78. The van der Waals surface area contributed by atoms with Gasteiger partial charge in [0.2, 0.25) is 0 Å². The van der Waals surface area contributed by atoms with Crippen molar-refractivity contribution in [1.82, 2.24) is 9.78 Å². The van der Waals surface area contributed by atoms with Crippen LogP contribution in [0.4, 0.5) is 0 Å². The van der Waals surface area contributed by atoms with E-state index >= 15 is 0 Å². The highest BCUT2D eigenvalue weighted by molar-refractivity contribution is 5.38. The van der Waals surface area contributed by atoms with E-state index in [0.717, 1.165) is 0 Å². The number of nitriles is 1. The molecule has 0 bridgehead atoms. The summed E-state index contributed by atoms with van der Waals surface area (Å²) in [6, 6.07) is 8.81. The Balaban J connectivity index is 2.38. The van der Waals surface area contributed by atoms with Gasteiger partial charge in [0.15, 0.2) is 5.75 Å². The highest BCUT2D eigenvalue weighted by Gasteiger charge is 2.19. The van der Waals surface area contributed by atoms with Crippen LogP contribution in [0.2, 0.25) is 0 Å². The molecular formula is C13H13N3O2. The zero-order valence-electron chi connectivity index (χ0n) is 10.2. The van der Waals surface area contributed by atoms with Crippen molar-refractivity contribution in [2.75, 3.05) is 7.11 Å². The first-order valence-electron chi connectivity index (χ1n) is 5.41. The number of hydrogen-bond acceptors (Lipinski definition) is 4. The number of rotatable bonds is 3. The van der Waals surface area contributed by atoms with E-state index in [1.807, 2.05) is 6.07 Å². The molecule has 0 aliphatic rings. The van der Waals surface area contributed by atoms with Crippen LogP contribution < -0.4 is 4.74 Å². The number of aryl methyl sites for hydroxylation is 1. The number of aliphatic hydroxyl groups excluding tert-OH is 1. The van der Waals surface area contributed by atoms with Gasteiger partial charge in [-0.1, -0.05) is 12.1 Å². The quantitative estimate of drug-likeness (QED) is 0.884. The van der Waals surface area contributed by atoms with E-state index in [2.05, 4.69) is 5.10 Å². The van der Waals surface area contributed by atoms with Crippen LogP contribution in [0.5, 0.6) is 5.75 Å². The van der Waals surface area contributed by atoms with E-state index in [4.69, 9.17) is 10.00 Å². The van der Waals surface area contributed by atoms with Crippen molar-refractivity contribution < 1.29 is 9.84 Å². The molecule has 1 atom stereocenters. The van der Waals surface area contributed by atoms with Crippen LogP contribution in [0, 0.1) is 11.3 Å². The van der Waals surface area contributed by atoms with Crippen molar-refractivity contribution in [2.45, 2.75) is 6.10 Å². The molecule has 0 amide bonds. The van der Waals surface area contributed by atoms with Crippen LogP contribution in [0.15, 0.2) is 30.5 Å².